The van der Waals surface area contributed by atoms with E-state index in [9.17, 15) is 4.79 Å². The molecule has 124 valence electrons. The van der Waals surface area contributed by atoms with Crippen LogP contribution in [0.3, 0.4) is 0 Å². The number of nitrogen functional groups attached to an aromatic ring is 1. The van der Waals surface area contributed by atoms with Crippen LogP contribution in [0.1, 0.15) is 12.7 Å². The van der Waals surface area contributed by atoms with E-state index >= 15 is 0 Å². The molecule has 0 aliphatic rings. The van der Waals surface area contributed by atoms with E-state index in [1.54, 1.807) is 13.8 Å². The first-order valence-corrected chi connectivity index (χ1v) is 8.96. The molecular weight excluding hydrogens is 344 g/mol. The van der Waals surface area contributed by atoms with Gasteiger partial charge in [0.15, 0.2) is 5.13 Å². The maximum atomic E-state index is 12.3. The van der Waals surface area contributed by atoms with E-state index in [2.05, 4.69) is 20.5 Å². The Hall–Kier alpha value is -2.39. The second-order valence-corrected chi connectivity index (χ2v) is 7.22. The minimum Gasteiger partial charge on any atom is -0.336 e. The van der Waals surface area contributed by atoms with Crippen LogP contribution in [0.15, 0.2) is 40.9 Å². The molecule has 0 unspecified atom stereocenters. The number of rotatable bonds is 5. The molecule has 24 heavy (non-hydrogen) atoms. The van der Waals surface area contributed by atoms with Gasteiger partial charge in [0.2, 0.25) is 11.1 Å². The van der Waals surface area contributed by atoms with E-state index in [0.717, 1.165) is 11.3 Å². The maximum Gasteiger partial charge on any atom is 0.239 e. The summed E-state index contributed by atoms with van der Waals surface area (Å²) in [6.07, 6.45) is 0. The molecule has 1 atom stereocenters. The van der Waals surface area contributed by atoms with Gasteiger partial charge in [0.25, 0.3) is 0 Å². The van der Waals surface area contributed by atoms with Crippen LogP contribution in [0.5, 0.6) is 0 Å². The number of amides is 1. The molecule has 9 heteroatoms. The number of nitrogens with one attached hydrogen (secondary N) is 1. The second-order valence-electron chi connectivity index (χ2n) is 5.05. The molecule has 2 heterocycles. The van der Waals surface area contributed by atoms with Gasteiger partial charge in [-0.05, 0) is 13.8 Å². The topological polar surface area (TPSA) is 98.7 Å². The van der Waals surface area contributed by atoms with Crippen molar-refractivity contribution in [3.05, 3.63) is 41.5 Å². The number of aromatic nitrogens is 4. The molecule has 0 aliphatic heterocycles. The van der Waals surface area contributed by atoms with Crippen molar-refractivity contribution in [1.29, 1.82) is 0 Å². The van der Waals surface area contributed by atoms with E-state index in [1.807, 2.05) is 35.7 Å². The van der Waals surface area contributed by atoms with Crippen LogP contribution >= 0.6 is 23.1 Å². The third-order valence-corrected chi connectivity index (χ3v) is 5.10. The maximum absolute atomic E-state index is 12.3. The summed E-state index contributed by atoms with van der Waals surface area (Å²) in [4.78, 5) is 16.8. The lowest BCUT2D eigenvalue weighted by Crippen LogP contribution is -2.23. The number of anilines is 1. The van der Waals surface area contributed by atoms with Gasteiger partial charge in [0.05, 0.1) is 10.9 Å². The number of nitrogens with zero attached hydrogens (tertiary/aromatic N) is 4. The van der Waals surface area contributed by atoms with Gasteiger partial charge in [-0.3, -0.25) is 4.79 Å². The van der Waals surface area contributed by atoms with Crippen molar-refractivity contribution < 1.29 is 4.79 Å². The van der Waals surface area contributed by atoms with Crippen molar-refractivity contribution in [3.8, 4) is 11.3 Å². The molecule has 3 N–H and O–H groups in total. The highest BCUT2D eigenvalue weighted by Gasteiger charge is 2.19. The second kappa shape index (κ2) is 7.02. The number of aryl methyl sites for hydroxylation is 1. The monoisotopic (exact) mass is 360 g/mol. The Kier molecular flexibility index (Phi) is 4.81. The molecule has 1 amide bonds. The number of carbonyl (C=O) groups is 1. The van der Waals surface area contributed by atoms with E-state index < -0.39 is 0 Å². The van der Waals surface area contributed by atoms with Crippen LogP contribution in [-0.2, 0) is 4.79 Å². The third-order valence-electron chi connectivity index (χ3n) is 3.29. The number of nitrogens with two attached hydrogens (primary N) is 1. The van der Waals surface area contributed by atoms with Crippen molar-refractivity contribution in [2.75, 3.05) is 11.2 Å². The Labute approximate surface area is 147 Å². The van der Waals surface area contributed by atoms with Crippen molar-refractivity contribution in [2.45, 2.75) is 24.3 Å². The highest BCUT2D eigenvalue weighted by molar-refractivity contribution is 8.00. The van der Waals surface area contributed by atoms with Crippen LogP contribution in [0.2, 0.25) is 0 Å². The summed E-state index contributed by atoms with van der Waals surface area (Å²) < 4.78 is 1.37. The number of hydrogen-bond donors (Lipinski definition) is 2. The summed E-state index contributed by atoms with van der Waals surface area (Å²) in [6, 6.07) is 9.83. The van der Waals surface area contributed by atoms with Gasteiger partial charge in [0.1, 0.15) is 5.82 Å². The van der Waals surface area contributed by atoms with Crippen molar-refractivity contribution in [1.82, 2.24) is 19.9 Å². The van der Waals surface area contributed by atoms with Crippen molar-refractivity contribution in [3.63, 3.8) is 0 Å². The fraction of sp³-hybridized carbons (Fsp3) is 0.200. The number of thioether (sulfide) groups is 1. The molecule has 0 saturated heterocycles. The average Bonchev–Trinajstić information content (AvgIpc) is 3.17. The first-order valence-electron chi connectivity index (χ1n) is 7.20. The summed E-state index contributed by atoms with van der Waals surface area (Å²) in [6.45, 7) is 3.54. The predicted octanol–water partition coefficient (Wildman–Crippen LogP) is 2.54. The molecule has 0 radical (unpaired) electrons. The molecular formula is C15H16N6OS2. The molecule has 3 aromatic rings. The van der Waals surface area contributed by atoms with Crippen LogP contribution in [-0.4, -0.2) is 31.0 Å². The zero-order valence-corrected chi connectivity index (χ0v) is 14.8. The summed E-state index contributed by atoms with van der Waals surface area (Å²) in [5.74, 6) is 6.24. The number of benzene rings is 1. The Morgan fingerprint density at radius 1 is 1.33 bits per heavy atom. The Morgan fingerprint density at radius 2 is 2.08 bits per heavy atom. The fourth-order valence-electron chi connectivity index (χ4n) is 1.92. The van der Waals surface area contributed by atoms with E-state index in [0.29, 0.717) is 16.1 Å². The van der Waals surface area contributed by atoms with Crippen molar-refractivity contribution >= 4 is 34.1 Å². The molecule has 1 aromatic carbocycles. The molecule has 2 aromatic heterocycles. The van der Waals surface area contributed by atoms with Gasteiger partial charge in [-0.25, -0.2) is 9.66 Å². The Bertz CT molecular complexity index is 845. The quantitative estimate of drug-likeness (QED) is 0.536. The molecule has 0 aliphatic carbocycles. The highest BCUT2D eigenvalue weighted by Crippen LogP contribution is 2.26. The first-order chi connectivity index (χ1) is 11.5. The van der Waals surface area contributed by atoms with Crippen molar-refractivity contribution in [2.24, 2.45) is 0 Å². The van der Waals surface area contributed by atoms with Gasteiger partial charge in [-0.2, -0.15) is 0 Å². The van der Waals surface area contributed by atoms with Crippen LogP contribution < -0.4 is 11.2 Å². The largest absolute Gasteiger partial charge is 0.336 e. The van der Waals surface area contributed by atoms with E-state index in [4.69, 9.17) is 5.84 Å². The normalized spacial score (nSPS) is 12.1. The van der Waals surface area contributed by atoms with Gasteiger partial charge in [-0.15, -0.1) is 21.5 Å². The highest BCUT2D eigenvalue weighted by atomic mass is 32.2. The van der Waals surface area contributed by atoms with Crippen LogP contribution in [0, 0.1) is 6.92 Å². The lowest BCUT2D eigenvalue weighted by molar-refractivity contribution is -0.115. The third kappa shape index (κ3) is 3.57. The zero-order valence-electron chi connectivity index (χ0n) is 13.1. The number of carbonyl (C=O) groups excluding carboxylic acids is 1. The van der Waals surface area contributed by atoms with Gasteiger partial charge in [0, 0.05) is 10.9 Å². The Morgan fingerprint density at radius 3 is 2.75 bits per heavy atom. The minimum absolute atomic E-state index is 0.158. The van der Waals surface area contributed by atoms with E-state index in [1.165, 1.54) is 27.8 Å². The summed E-state index contributed by atoms with van der Waals surface area (Å²) >= 11 is 2.64. The average molecular weight is 360 g/mol. The summed E-state index contributed by atoms with van der Waals surface area (Å²) in [5, 5.41) is 13.3. The Balaban J connectivity index is 1.64. The zero-order chi connectivity index (χ0) is 17.1. The SMILES string of the molecule is Cc1nnc(S[C@H](C)C(=O)Nc2nc(-c3ccccc3)cs2)n1N. The molecule has 0 fully saturated rings. The summed E-state index contributed by atoms with van der Waals surface area (Å²) in [7, 11) is 0. The first kappa shape index (κ1) is 16.5. The van der Waals surface area contributed by atoms with Gasteiger partial charge < -0.3 is 11.2 Å². The molecule has 0 spiro atoms. The van der Waals surface area contributed by atoms with Crippen LogP contribution in [0.25, 0.3) is 11.3 Å². The predicted molar refractivity (Wildman–Crippen MR) is 96.4 cm³/mol. The van der Waals surface area contributed by atoms with Gasteiger partial charge in [-0.1, -0.05) is 42.1 Å². The van der Waals surface area contributed by atoms with Crippen LogP contribution in [0.4, 0.5) is 5.13 Å². The smallest absolute Gasteiger partial charge is 0.239 e. The number of hydrogen-bond acceptors (Lipinski definition) is 7. The molecule has 7 nitrogen and oxygen atoms in total. The summed E-state index contributed by atoms with van der Waals surface area (Å²) in [5.41, 5.74) is 1.86. The molecule has 0 saturated carbocycles. The standard InChI is InChI=1S/C15H16N6OS2/c1-9(24-15-20-19-10(2)21(15)16)13(22)18-14-17-12(8-23-14)11-6-4-3-5-7-11/h3-9H,16H2,1-2H3,(H,17,18,22)/t9-/m1/s1. The molecule has 3 rings (SSSR count). The lowest BCUT2D eigenvalue weighted by atomic mass is 10.2. The lowest BCUT2D eigenvalue weighted by Gasteiger charge is -2.09. The molecule has 0 bridgehead atoms. The number of thiazole rings is 1. The minimum atomic E-state index is -0.375. The van der Waals surface area contributed by atoms with Gasteiger partial charge >= 0.3 is 0 Å². The van der Waals surface area contributed by atoms with E-state index in [-0.39, 0.29) is 11.2 Å². The fourth-order valence-corrected chi connectivity index (χ4v) is 3.46.